The highest BCUT2D eigenvalue weighted by atomic mass is 16.6. The second-order valence-corrected chi connectivity index (χ2v) is 6.25. The van der Waals surface area contributed by atoms with Gasteiger partial charge in [0.1, 0.15) is 12.6 Å². The molecule has 25 heavy (non-hydrogen) atoms. The summed E-state index contributed by atoms with van der Waals surface area (Å²) in [5.41, 5.74) is 0.815. The molecule has 0 bridgehead atoms. The molecule has 1 aliphatic rings. The molecule has 1 heterocycles. The SMILES string of the molecule is C=CC[C@H](C)[C@@H](CCC(=O)O)C(=O)N1C(=O)OC[C@H]1c1ccccc1. The number of cyclic esters (lactones) is 1. The summed E-state index contributed by atoms with van der Waals surface area (Å²) in [5, 5.41) is 8.97. The number of carbonyl (C=O) groups is 3. The number of carboxylic acids is 1. The van der Waals surface area contributed by atoms with Gasteiger partial charge in [0.25, 0.3) is 0 Å². The minimum absolute atomic E-state index is 0.107. The van der Waals surface area contributed by atoms with Crippen molar-refractivity contribution in [1.29, 1.82) is 0 Å². The van der Waals surface area contributed by atoms with Crippen LogP contribution in [0, 0.1) is 11.8 Å². The number of rotatable bonds is 8. The first-order chi connectivity index (χ1) is 12.0. The molecule has 134 valence electrons. The van der Waals surface area contributed by atoms with Crippen LogP contribution in [0.25, 0.3) is 0 Å². The summed E-state index contributed by atoms with van der Waals surface area (Å²) in [6, 6.07) is 8.73. The topological polar surface area (TPSA) is 83.9 Å². The van der Waals surface area contributed by atoms with Crippen molar-refractivity contribution in [3.8, 4) is 0 Å². The van der Waals surface area contributed by atoms with Crippen LogP contribution in [-0.2, 0) is 14.3 Å². The Kier molecular flexibility index (Phi) is 6.33. The lowest BCUT2D eigenvalue weighted by Crippen LogP contribution is -2.41. The van der Waals surface area contributed by atoms with Gasteiger partial charge in [0.2, 0.25) is 5.91 Å². The van der Waals surface area contributed by atoms with Gasteiger partial charge in [-0.1, -0.05) is 43.3 Å². The Bertz CT molecular complexity index is 642. The minimum atomic E-state index is -0.966. The average Bonchev–Trinajstić information content (AvgIpc) is 2.97. The van der Waals surface area contributed by atoms with Crippen molar-refractivity contribution in [2.45, 2.75) is 32.2 Å². The monoisotopic (exact) mass is 345 g/mol. The van der Waals surface area contributed by atoms with Crippen LogP contribution >= 0.6 is 0 Å². The van der Waals surface area contributed by atoms with E-state index in [0.29, 0.717) is 6.42 Å². The van der Waals surface area contributed by atoms with Crippen LogP contribution in [0.2, 0.25) is 0 Å². The van der Waals surface area contributed by atoms with Gasteiger partial charge in [-0.15, -0.1) is 6.58 Å². The average molecular weight is 345 g/mol. The minimum Gasteiger partial charge on any atom is -0.481 e. The quantitative estimate of drug-likeness (QED) is 0.730. The van der Waals surface area contributed by atoms with E-state index in [2.05, 4.69) is 6.58 Å². The summed E-state index contributed by atoms with van der Waals surface area (Å²) in [5.74, 6) is -2.04. The van der Waals surface area contributed by atoms with Crippen molar-refractivity contribution in [1.82, 2.24) is 4.90 Å². The van der Waals surface area contributed by atoms with Crippen LogP contribution in [0.5, 0.6) is 0 Å². The zero-order valence-corrected chi connectivity index (χ0v) is 14.3. The summed E-state index contributed by atoms with van der Waals surface area (Å²) in [4.78, 5) is 37.3. The highest BCUT2D eigenvalue weighted by Gasteiger charge is 2.42. The van der Waals surface area contributed by atoms with E-state index in [4.69, 9.17) is 9.84 Å². The third-order valence-electron chi connectivity index (χ3n) is 4.51. The van der Waals surface area contributed by atoms with Gasteiger partial charge < -0.3 is 9.84 Å². The molecule has 1 N–H and O–H groups in total. The van der Waals surface area contributed by atoms with Crippen LogP contribution in [-0.4, -0.2) is 34.6 Å². The van der Waals surface area contributed by atoms with E-state index in [1.165, 1.54) is 0 Å². The Labute approximate surface area is 147 Å². The fraction of sp³-hybridized carbons (Fsp3) is 0.421. The van der Waals surface area contributed by atoms with E-state index in [1.807, 2.05) is 37.3 Å². The van der Waals surface area contributed by atoms with Crippen LogP contribution in [0.4, 0.5) is 4.79 Å². The molecule has 0 radical (unpaired) electrons. The molecular weight excluding hydrogens is 322 g/mol. The number of carboxylic acid groups (broad SMARTS) is 1. The van der Waals surface area contributed by atoms with E-state index in [0.717, 1.165) is 10.5 Å². The molecule has 0 saturated carbocycles. The molecule has 2 rings (SSSR count). The summed E-state index contributed by atoms with van der Waals surface area (Å²) >= 11 is 0. The number of benzene rings is 1. The largest absolute Gasteiger partial charge is 0.481 e. The molecule has 1 saturated heterocycles. The predicted molar refractivity (Wildman–Crippen MR) is 91.7 cm³/mol. The molecule has 1 fully saturated rings. The molecule has 1 aromatic carbocycles. The second-order valence-electron chi connectivity index (χ2n) is 6.25. The maximum atomic E-state index is 13.1. The van der Waals surface area contributed by atoms with Crippen molar-refractivity contribution in [3.63, 3.8) is 0 Å². The van der Waals surface area contributed by atoms with Crippen molar-refractivity contribution >= 4 is 18.0 Å². The first kappa shape index (κ1) is 18.7. The molecule has 2 amide bonds. The van der Waals surface area contributed by atoms with Crippen LogP contribution < -0.4 is 0 Å². The molecule has 0 aliphatic carbocycles. The first-order valence-corrected chi connectivity index (χ1v) is 8.33. The maximum Gasteiger partial charge on any atom is 0.417 e. The lowest BCUT2D eigenvalue weighted by atomic mass is 9.85. The molecule has 6 heteroatoms. The van der Waals surface area contributed by atoms with Crippen molar-refractivity contribution < 1.29 is 24.2 Å². The smallest absolute Gasteiger partial charge is 0.417 e. The Morgan fingerprint density at radius 1 is 1.40 bits per heavy atom. The summed E-state index contributed by atoms with van der Waals surface area (Å²) in [6.07, 6.45) is 1.63. The Balaban J connectivity index is 2.26. The standard InChI is InChI=1S/C19H23NO5/c1-3-7-13(2)15(10-11-17(21)22)18(23)20-16(12-25-19(20)24)14-8-5-4-6-9-14/h3-6,8-9,13,15-16H,1,7,10-12H2,2H3,(H,21,22)/t13-,15+,16-/m0/s1. The van der Waals surface area contributed by atoms with Gasteiger partial charge in [0, 0.05) is 12.3 Å². The molecule has 6 nitrogen and oxygen atoms in total. The number of carbonyl (C=O) groups excluding carboxylic acids is 2. The molecule has 3 atom stereocenters. The van der Waals surface area contributed by atoms with E-state index in [-0.39, 0.29) is 31.3 Å². The zero-order chi connectivity index (χ0) is 18.4. The molecular formula is C19H23NO5. The number of amides is 2. The summed E-state index contributed by atoms with van der Waals surface area (Å²) in [7, 11) is 0. The van der Waals surface area contributed by atoms with E-state index in [9.17, 15) is 14.4 Å². The summed E-state index contributed by atoms with van der Waals surface area (Å²) in [6.45, 7) is 5.65. The third kappa shape index (κ3) is 4.47. The number of allylic oxidation sites excluding steroid dienone is 1. The fourth-order valence-electron chi connectivity index (χ4n) is 3.12. The van der Waals surface area contributed by atoms with E-state index >= 15 is 0 Å². The summed E-state index contributed by atoms with van der Waals surface area (Å²) < 4.78 is 5.10. The number of imide groups is 1. The van der Waals surface area contributed by atoms with Gasteiger partial charge in [-0.25, -0.2) is 9.69 Å². The van der Waals surface area contributed by atoms with Crippen molar-refractivity contribution in [2.24, 2.45) is 11.8 Å². The first-order valence-electron chi connectivity index (χ1n) is 8.33. The molecule has 1 aromatic rings. The van der Waals surface area contributed by atoms with Crippen LogP contribution in [0.1, 0.15) is 37.8 Å². The van der Waals surface area contributed by atoms with Gasteiger partial charge in [0.05, 0.1) is 0 Å². The second kappa shape index (κ2) is 8.46. The lowest BCUT2D eigenvalue weighted by molar-refractivity contribution is -0.139. The zero-order valence-electron chi connectivity index (χ0n) is 14.3. The van der Waals surface area contributed by atoms with Crippen LogP contribution in [0.15, 0.2) is 43.0 Å². The maximum absolute atomic E-state index is 13.1. The van der Waals surface area contributed by atoms with Crippen molar-refractivity contribution in [3.05, 3.63) is 48.6 Å². The molecule has 0 aromatic heterocycles. The Morgan fingerprint density at radius 2 is 2.08 bits per heavy atom. The fourth-order valence-corrected chi connectivity index (χ4v) is 3.12. The van der Waals surface area contributed by atoms with Gasteiger partial charge in [0.15, 0.2) is 0 Å². The molecule has 0 unspecified atom stereocenters. The van der Waals surface area contributed by atoms with Crippen LogP contribution in [0.3, 0.4) is 0 Å². The molecule has 1 aliphatic heterocycles. The third-order valence-corrected chi connectivity index (χ3v) is 4.51. The number of hydrogen-bond donors (Lipinski definition) is 1. The predicted octanol–water partition coefficient (Wildman–Crippen LogP) is 3.40. The van der Waals surface area contributed by atoms with Gasteiger partial charge >= 0.3 is 12.1 Å². The highest BCUT2D eigenvalue weighted by Crippen LogP contribution is 2.32. The van der Waals surface area contributed by atoms with Gasteiger partial charge in [-0.2, -0.15) is 0 Å². The normalized spacial score (nSPS) is 19.2. The van der Waals surface area contributed by atoms with Gasteiger partial charge in [-0.3, -0.25) is 9.59 Å². The van der Waals surface area contributed by atoms with E-state index in [1.54, 1.807) is 6.08 Å². The number of hydrogen-bond acceptors (Lipinski definition) is 4. The number of nitrogens with zero attached hydrogens (tertiary/aromatic N) is 1. The van der Waals surface area contributed by atoms with E-state index < -0.39 is 24.0 Å². The molecule has 0 spiro atoms. The number of aliphatic carboxylic acids is 1. The Morgan fingerprint density at radius 3 is 2.68 bits per heavy atom. The number of ether oxygens (including phenoxy) is 1. The van der Waals surface area contributed by atoms with Gasteiger partial charge in [-0.05, 0) is 24.3 Å². The highest BCUT2D eigenvalue weighted by molar-refractivity contribution is 5.95. The lowest BCUT2D eigenvalue weighted by Gasteiger charge is -2.28. The Hall–Kier alpha value is -2.63. The van der Waals surface area contributed by atoms with Crippen molar-refractivity contribution in [2.75, 3.05) is 6.61 Å².